The highest BCUT2D eigenvalue weighted by Crippen LogP contribution is 2.16. The van der Waals surface area contributed by atoms with E-state index in [1.807, 2.05) is 13.8 Å². The Kier molecular flexibility index (Phi) is 10.1. The molecule has 4 heteroatoms. The fraction of sp³-hybridized carbons (Fsp3) is 0.643. The quantitative estimate of drug-likeness (QED) is 0.722. The first-order valence-corrected chi connectivity index (χ1v) is 6.77. The standard InChI is InChI=1S/C6H8N2O.C6H12O.C2H6/c1-7-5-3-2-4-8-6(5)9;7-6-4-2-1-3-5-6;1-2/h2-4,7H,1H3,(H,8,9);6-7H,1-5H2;1-2H3. The zero-order chi connectivity index (χ0) is 13.8. The van der Waals surface area contributed by atoms with E-state index in [0.29, 0.717) is 5.69 Å². The van der Waals surface area contributed by atoms with Gasteiger partial charge in [0.25, 0.3) is 5.56 Å². The van der Waals surface area contributed by atoms with Gasteiger partial charge in [0.2, 0.25) is 0 Å². The number of hydrogen-bond donors (Lipinski definition) is 3. The Hall–Kier alpha value is -1.29. The Morgan fingerprint density at radius 1 is 1.28 bits per heavy atom. The molecule has 0 atom stereocenters. The molecule has 0 bridgehead atoms. The summed E-state index contributed by atoms with van der Waals surface area (Å²) >= 11 is 0. The van der Waals surface area contributed by atoms with Crippen LogP contribution in [0.5, 0.6) is 0 Å². The molecule has 1 aliphatic rings. The van der Waals surface area contributed by atoms with E-state index in [9.17, 15) is 4.79 Å². The minimum absolute atomic E-state index is 0.0359. The number of anilines is 1. The summed E-state index contributed by atoms with van der Waals surface area (Å²) < 4.78 is 0. The summed E-state index contributed by atoms with van der Waals surface area (Å²) in [5.41, 5.74) is 0.512. The van der Waals surface area contributed by atoms with Crippen molar-refractivity contribution in [1.29, 1.82) is 0 Å². The smallest absolute Gasteiger partial charge is 0.271 e. The van der Waals surface area contributed by atoms with Crippen molar-refractivity contribution in [3.05, 3.63) is 28.7 Å². The van der Waals surface area contributed by atoms with Crippen LogP contribution in [0.1, 0.15) is 46.0 Å². The van der Waals surface area contributed by atoms with Crippen molar-refractivity contribution in [3.8, 4) is 0 Å². The van der Waals surface area contributed by atoms with Crippen molar-refractivity contribution < 1.29 is 5.11 Å². The van der Waals surface area contributed by atoms with Crippen molar-refractivity contribution in [1.82, 2.24) is 4.98 Å². The van der Waals surface area contributed by atoms with Gasteiger partial charge in [-0.1, -0.05) is 33.1 Å². The fourth-order valence-electron chi connectivity index (χ4n) is 1.70. The molecule has 0 radical (unpaired) electrons. The normalized spacial score (nSPS) is 14.7. The molecule has 0 amide bonds. The SMILES string of the molecule is CC.CNc1ccc[nH]c1=O.OC1CCCCC1. The third kappa shape index (κ3) is 7.12. The van der Waals surface area contributed by atoms with Crippen molar-refractivity contribution in [2.75, 3.05) is 12.4 Å². The average Bonchev–Trinajstić information content (AvgIpc) is 2.43. The van der Waals surface area contributed by atoms with Crippen LogP contribution in [-0.2, 0) is 0 Å². The first kappa shape index (κ1) is 16.7. The summed E-state index contributed by atoms with van der Waals surface area (Å²) in [4.78, 5) is 13.3. The second-order valence-corrected chi connectivity index (χ2v) is 3.95. The molecule has 4 nitrogen and oxygen atoms in total. The van der Waals surface area contributed by atoms with Gasteiger partial charge in [0.1, 0.15) is 5.69 Å². The van der Waals surface area contributed by atoms with Crippen LogP contribution >= 0.6 is 0 Å². The van der Waals surface area contributed by atoms with Crippen LogP contribution in [-0.4, -0.2) is 23.2 Å². The summed E-state index contributed by atoms with van der Waals surface area (Å²) in [7, 11) is 1.71. The first-order valence-electron chi connectivity index (χ1n) is 6.77. The summed E-state index contributed by atoms with van der Waals surface area (Å²) in [5.74, 6) is 0. The van der Waals surface area contributed by atoms with Gasteiger partial charge < -0.3 is 15.4 Å². The molecular formula is C14H26N2O2. The van der Waals surface area contributed by atoms with Crippen LogP contribution < -0.4 is 10.9 Å². The van der Waals surface area contributed by atoms with Crippen molar-refractivity contribution in [2.45, 2.75) is 52.1 Å². The number of hydrogen-bond acceptors (Lipinski definition) is 3. The molecule has 1 aliphatic carbocycles. The van der Waals surface area contributed by atoms with Gasteiger partial charge in [-0.05, 0) is 25.0 Å². The lowest BCUT2D eigenvalue weighted by molar-refractivity contribution is 0.130. The third-order valence-corrected chi connectivity index (χ3v) is 2.66. The van der Waals surface area contributed by atoms with Crippen molar-refractivity contribution in [3.63, 3.8) is 0 Å². The number of aromatic nitrogens is 1. The highest BCUT2D eigenvalue weighted by atomic mass is 16.3. The van der Waals surface area contributed by atoms with Crippen LogP contribution in [0, 0.1) is 0 Å². The average molecular weight is 254 g/mol. The molecule has 0 unspecified atom stereocenters. The van der Waals surface area contributed by atoms with Gasteiger partial charge in [-0.15, -0.1) is 0 Å². The van der Waals surface area contributed by atoms with Gasteiger partial charge in [0, 0.05) is 13.2 Å². The minimum atomic E-state index is -0.0833. The molecule has 1 saturated carbocycles. The van der Waals surface area contributed by atoms with E-state index in [-0.39, 0.29) is 11.7 Å². The number of aromatic amines is 1. The maximum absolute atomic E-state index is 10.7. The van der Waals surface area contributed by atoms with E-state index in [1.165, 1.54) is 19.3 Å². The molecule has 104 valence electrons. The lowest BCUT2D eigenvalue weighted by Gasteiger charge is -2.14. The van der Waals surface area contributed by atoms with E-state index >= 15 is 0 Å². The van der Waals surface area contributed by atoms with Crippen LogP contribution in [0.4, 0.5) is 5.69 Å². The van der Waals surface area contributed by atoms with Crippen molar-refractivity contribution >= 4 is 5.69 Å². The van der Waals surface area contributed by atoms with Crippen molar-refractivity contribution in [2.24, 2.45) is 0 Å². The fourth-order valence-corrected chi connectivity index (χ4v) is 1.70. The topological polar surface area (TPSA) is 65.1 Å². The number of aliphatic hydroxyl groups excluding tert-OH is 1. The molecule has 18 heavy (non-hydrogen) atoms. The predicted molar refractivity (Wildman–Crippen MR) is 77.0 cm³/mol. The number of aliphatic hydroxyl groups is 1. The van der Waals surface area contributed by atoms with Crippen LogP contribution in [0.3, 0.4) is 0 Å². The van der Waals surface area contributed by atoms with Gasteiger partial charge in [-0.3, -0.25) is 4.79 Å². The van der Waals surface area contributed by atoms with Gasteiger partial charge in [0.05, 0.1) is 6.10 Å². The molecule has 2 rings (SSSR count). The molecular weight excluding hydrogens is 228 g/mol. The van der Waals surface area contributed by atoms with Gasteiger partial charge >= 0.3 is 0 Å². The summed E-state index contributed by atoms with van der Waals surface area (Å²) in [6, 6.07) is 3.49. The second kappa shape index (κ2) is 10.8. The number of rotatable bonds is 1. The number of H-pyrrole nitrogens is 1. The Balaban J connectivity index is 0.000000289. The summed E-state index contributed by atoms with van der Waals surface area (Å²) in [6.07, 6.45) is 7.52. The molecule has 3 N–H and O–H groups in total. The van der Waals surface area contributed by atoms with Gasteiger partial charge in [-0.2, -0.15) is 0 Å². The summed E-state index contributed by atoms with van der Waals surface area (Å²) in [5, 5.41) is 11.7. The summed E-state index contributed by atoms with van der Waals surface area (Å²) in [6.45, 7) is 4.00. The number of pyridine rings is 1. The molecule has 0 saturated heterocycles. The predicted octanol–water partition coefficient (Wildman–Crippen LogP) is 2.75. The number of nitrogens with one attached hydrogen (secondary N) is 2. The van der Waals surface area contributed by atoms with E-state index in [0.717, 1.165) is 12.8 Å². The molecule has 1 aromatic heterocycles. The Bertz CT molecular complexity index is 344. The molecule has 1 aromatic rings. The van der Waals surface area contributed by atoms with Crippen LogP contribution in [0.2, 0.25) is 0 Å². The zero-order valence-electron chi connectivity index (χ0n) is 11.7. The molecule has 1 heterocycles. The highest BCUT2D eigenvalue weighted by Gasteiger charge is 2.07. The third-order valence-electron chi connectivity index (χ3n) is 2.66. The van der Waals surface area contributed by atoms with Crippen LogP contribution in [0.15, 0.2) is 23.1 Å². The maximum atomic E-state index is 10.7. The molecule has 1 fully saturated rings. The Morgan fingerprint density at radius 3 is 2.22 bits per heavy atom. The minimum Gasteiger partial charge on any atom is -0.393 e. The Morgan fingerprint density at radius 2 is 1.89 bits per heavy atom. The van der Waals surface area contributed by atoms with Crippen LogP contribution in [0.25, 0.3) is 0 Å². The maximum Gasteiger partial charge on any atom is 0.271 e. The largest absolute Gasteiger partial charge is 0.393 e. The highest BCUT2D eigenvalue weighted by molar-refractivity contribution is 5.38. The Labute approximate surface area is 109 Å². The van der Waals surface area contributed by atoms with Gasteiger partial charge in [0.15, 0.2) is 0 Å². The molecule has 0 aliphatic heterocycles. The lowest BCUT2D eigenvalue weighted by atomic mass is 9.98. The lowest BCUT2D eigenvalue weighted by Crippen LogP contribution is -2.09. The second-order valence-electron chi connectivity index (χ2n) is 3.95. The van der Waals surface area contributed by atoms with E-state index in [1.54, 1.807) is 25.4 Å². The van der Waals surface area contributed by atoms with E-state index < -0.39 is 0 Å². The first-order chi connectivity index (χ1) is 8.74. The monoisotopic (exact) mass is 254 g/mol. The van der Waals surface area contributed by atoms with Gasteiger partial charge in [-0.25, -0.2) is 0 Å². The van der Waals surface area contributed by atoms with E-state index in [2.05, 4.69) is 10.3 Å². The zero-order valence-corrected chi connectivity index (χ0v) is 11.7. The molecule has 0 aromatic carbocycles. The van der Waals surface area contributed by atoms with E-state index in [4.69, 9.17) is 5.11 Å². The molecule has 0 spiro atoms.